The van der Waals surface area contributed by atoms with E-state index in [1.165, 1.54) is 0 Å². The van der Waals surface area contributed by atoms with Gasteiger partial charge in [0.05, 0.1) is 4.90 Å². The van der Waals surface area contributed by atoms with Crippen molar-refractivity contribution in [2.45, 2.75) is 56.4 Å². The van der Waals surface area contributed by atoms with Crippen LogP contribution in [0, 0.1) is 12.8 Å². The molecule has 0 bridgehead atoms. The highest BCUT2D eigenvalue weighted by Gasteiger charge is 2.27. The SMILES string of the molecule is Cc1ccc(S(=O)(=O)NC2CCC(/C=C\C=C/CCCC(=O)O)C2)cc1. The maximum Gasteiger partial charge on any atom is 0.303 e. The molecule has 1 aliphatic rings. The maximum absolute atomic E-state index is 12.4. The van der Waals surface area contributed by atoms with Crippen molar-refractivity contribution in [2.24, 2.45) is 5.92 Å². The molecular formula is C20H27NO4S. The summed E-state index contributed by atoms with van der Waals surface area (Å²) in [5, 5.41) is 8.56. The van der Waals surface area contributed by atoms with Crippen molar-refractivity contribution in [1.82, 2.24) is 4.72 Å². The van der Waals surface area contributed by atoms with Crippen LogP contribution in [-0.2, 0) is 14.8 Å². The van der Waals surface area contributed by atoms with E-state index in [1.807, 2.05) is 25.2 Å². The summed E-state index contributed by atoms with van der Waals surface area (Å²) in [5.74, 6) is -0.400. The zero-order chi connectivity index (χ0) is 19.0. The van der Waals surface area contributed by atoms with Crippen molar-refractivity contribution in [3.05, 3.63) is 54.1 Å². The molecule has 1 fully saturated rings. The van der Waals surface area contributed by atoms with Gasteiger partial charge in [-0.3, -0.25) is 4.79 Å². The number of aliphatic carboxylic acids is 1. The predicted octanol–water partition coefficient (Wildman–Crippen LogP) is 3.81. The van der Waals surface area contributed by atoms with Crippen LogP contribution in [0.4, 0.5) is 0 Å². The van der Waals surface area contributed by atoms with E-state index < -0.39 is 16.0 Å². The molecule has 2 rings (SSSR count). The van der Waals surface area contributed by atoms with Gasteiger partial charge in [-0.05, 0) is 57.1 Å². The Kier molecular flexibility index (Phi) is 7.60. The quantitative estimate of drug-likeness (QED) is 0.506. The van der Waals surface area contributed by atoms with E-state index in [-0.39, 0.29) is 12.5 Å². The van der Waals surface area contributed by atoms with Crippen LogP contribution >= 0.6 is 0 Å². The molecule has 1 aromatic carbocycles. The summed E-state index contributed by atoms with van der Waals surface area (Å²) in [4.78, 5) is 10.7. The molecule has 0 radical (unpaired) electrons. The Bertz CT molecular complexity index is 751. The number of carboxylic acids is 1. The third kappa shape index (κ3) is 6.77. The highest BCUT2D eigenvalue weighted by Crippen LogP contribution is 2.28. The molecule has 0 aromatic heterocycles. The van der Waals surface area contributed by atoms with Crippen molar-refractivity contribution in [3.8, 4) is 0 Å². The zero-order valence-electron chi connectivity index (χ0n) is 15.1. The van der Waals surface area contributed by atoms with Crippen LogP contribution < -0.4 is 4.72 Å². The molecular weight excluding hydrogens is 350 g/mol. The summed E-state index contributed by atoms with van der Waals surface area (Å²) in [6.07, 6.45) is 12.2. The second-order valence-electron chi connectivity index (χ2n) is 6.80. The normalized spacial score (nSPS) is 21.0. The van der Waals surface area contributed by atoms with Gasteiger partial charge in [0.1, 0.15) is 0 Å². The first-order valence-corrected chi connectivity index (χ1v) is 10.5. The number of carboxylic acid groups (broad SMARTS) is 1. The summed E-state index contributed by atoms with van der Waals surface area (Å²) < 4.78 is 27.7. The fourth-order valence-electron chi connectivity index (χ4n) is 3.07. The van der Waals surface area contributed by atoms with Crippen molar-refractivity contribution in [3.63, 3.8) is 0 Å². The Morgan fingerprint density at radius 1 is 1.23 bits per heavy atom. The van der Waals surface area contributed by atoms with Gasteiger partial charge >= 0.3 is 5.97 Å². The van der Waals surface area contributed by atoms with Crippen molar-refractivity contribution in [1.29, 1.82) is 0 Å². The van der Waals surface area contributed by atoms with E-state index in [0.29, 0.717) is 17.2 Å². The summed E-state index contributed by atoms with van der Waals surface area (Å²) >= 11 is 0. The van der Waals surface area contributed by atoms with Crippen molar-refractivity contribution < 1.29 is 18.3 Å². The third-order valence-corrected chi connectivity index (χ3v) is 6.05. The van der Waals surface area contributed by atoms with Crippen LogP contribution in [0.3, 0.4) is 0 Å². The molecule has 0 spiro atoms. The minimum absolute atomic E-state index is 0.0319. The number of hydrogen-bond acceptors (Lipinski definition) is 3. The largest absolute Gasteiger partial charge is 0.481 e. The molecule has 26 heavy (non-hydrogen) atoms. The first kappa shape index (κ1) is 20.4. The van der Waals surface area contributed by atoms with Gasteiger partial charge in [-0.1, -0.05) is 42.0 Å². The van der Waals surface area contributed by atoms with Crippen LogP contribution in [0.2, 0.25) is 0 Å². The van der Waals surface area contributed by atoms with E-state index in [1.54, 1.807) is 24.3 Å². The number of unbranched alkanes of at least 4 members (excludes halogenated alkanes) is 1. The number of nitrogens with one attached hydrogen (secondary N) is 1. The number of rotatable bonds is 9. The minimum atomic E-state index is -3.46. The average Bonchev–Trinajstić information content (AvgIpc) is 3.00. The molecule has 1 aromatic rings. The van der Waals surface area contributed by atoms with Gasteiger partial charge in [0.2, 0.25) is 10.0 Å². The van der Waals surface area contributed by atoms with Crippen LogP contribution in [0.5, 0.6) is 0 Å². The number of sulfonamides is 1. The topological polar surface area (TPSA) is 83.5 Å². The minimum Gasteiger partial charge on any atom is -0.481 e. The lowest BCUT2D eigenvalue weighted by molar-refractivity contribution is -0.137. The Balaban J connectivity index is 1.77. The van der Waals surface area contributed by atoms with Gasteiger partial charge in [-0.2, -0.15) is 0 Å². The van der Waals surface area contributed by atoms with Crippen LogP contribution in [-0.4, -0.2) is 25.5 Å². The predicted molar refractivity (Wildman–Crippen MR) is 102 cm³/mol. The number of benzene rings is 1. The molecule has 0 saturated heterocycles. The van der Waals surface area contributed by atoms with E-state index in [0.717, 1.165) is 31.2 Å². The molecule has 142 valence electrons. The summed E-state index contributed by atoms with van der Waals surface area (Å²) in [6, 6.07) is 6.85. The second kappa shape index (κ2) is 9.69. The molecule has 2 N–H and O–H groups in total. The lowest BCUT2D eigenvalue weighted by Crippen LogP contribution is -2.32. The molecule has 0 aliphatic heterocycles. The fourth-order valence-corrected chi connectivity index (χ4v) is 4.35. The van der Waals surface area contributed by atoms with E-state index in [2.05, 4.69) is 10.8 Å². The number of carbonyl (C=O) groups is 1. The smallest absolute Gasteiger partial charge is 0.303 e. The zero-order valence-corrected chi connectivity index (χ0v) is 15.9. The van der Waals surface area contributed by atoms with Gasteiger partial charge < -0.3 is 5.11 Å². The molecule has 6 heteroatoms. The van der Waals surface area contributed by atoms with E-state index >= 15 is 0 Å². The lowest BCUT2D eigenvalue weighted by atomic mass is 10.1. The molecule has 0 heterocycles. The lowest BCUT2D eigenvalue weighted by Gasteiger charge is -2.13. The summed E-state index contributed by atoms with van der Waals surface area (Å²) in [5.41, 5.74) is 1.03. The first-order chi connectivity index (χ1) is 12.4. The Morgan fingerprint density at radius 2 is 1.96 bits per heavy atom. The average molecular weight is 378 g/mol. The van der Waals surface area contributed by atoms with Gasteiger partial charge in [0.15, 0.2) is 0 Å². The van der Waals surface area contributed by atoms with Gasteiger partial charge in [0, 0.05) is 12.5 Å². The van der Waals surface area contributed by atoms with Crippen molar-refractivity contribution in [2.75, 3.05) is 0 Å². The molecule has 2 atom stereocenters. The highest BCUT2D eigenvalue weighted by atomic mass is 32.2. The van der Waals surface area contributed by atoms with Crippen LogP contribution in [0.25, 0.3) is 0 Å². The number of aryl methyl sites for hydroxylation is 1. The molecule has 1 saturated carbocycles. The molecule has 5 nitrogen and oxygen atoms in total. The molecule has 1 aliphatic carbocycles. The monoisotopic (exact) mass is 377 g/mol. The van der Waals surface area contributed by atoms with E-state index in [9.17, 15) is 13.2 Å². The Morgan fingerprint density at radius 3 is 2.65 bits per heavy atom. The van der Waals surface area contributed by atoms with E-state index in [4.69, 9.17) is 5.11 Å². The third-order valence-electron chi connectivity index (χ3n) is 4.52. The fraction of sp³-hybridized carbons (Fsp3) is 0.450. The van der Waals surface area contributed by atoms with Crippen LogP contribution in [0.1, 0.15) is 44.1 Å². The first-order valence-electron chi connectivity index (χ1n) is 9.01. The number of allylic oxidation sites excluding steroid dienone is 4. The standard InChI is InChI=1S/C20H27NO4S/c1-16-9-13-19(14-10-16)26(24,25)21-18-12-11-17(15-18)7-5-3-2-4-6-8-20(22)23/h2-3,5,7,9-10,13-14,17-18,21H,4,6,8,11-12,15H2,1H3,(H,22,23)/b3-2-,7-5-. The van der Waals surface area contributed by atoms with Gasteiger partial charge in [-0.25, -0.2) is 13.1 Å². The maximum atomic E-state index is 12.4. The Labute approximate surface area is 155 Å². The van der Waals surface area contributed by atoms with Crippen molar-refractivity contribution >= 4 is 16.0 Å². The van der Waals surface area contributed by atoms with Crippen LogP contribution in [0.15, 0.2) is 53.5 Å². The number of hydrogen-bond donors (Lipinski definition) is 2. The second-order valence-corrected chi connectivity index (χ2v) is 8.52. The highest BCUT2D eigenvalue weighted by molar-refractivity contribution is 7.89. The summed E-state index contributed by atoms with van der Waals surface area (Å²) in [6.45, 7) is 1.93. The van der Waals surface area contributed by atoms with Gasteiger partial charge in [0.25, 0.3) is 0 Å². The molecule has 2 unspecified atom stereocenters. The Hall–Kier alpha value is -1.92. The van der Waals surface area contributed by atoms with Gasteiger partial charge in [-0.15, -0.1) is 0 Å². The summed E-state index contributed by atoms with van der Waals surface area (Å²) in [7, 11) is -3.46. The molecule has 0 amide bonds.